The van der Waals surface area contributed by atoms with Gasteiger partial charge in [0.15, 0.2) is 0 Å². The molecule has 1 aromatic heterocycles. The van der Waals surface area contributed by atoms with E-state index in [9.17, 15) is 0 Å². The number of hydrogen-bond donors (Lipinski definition) is 0. The molecule has 0 radical (unpaired) electrons. The highest BCUT2D eigenvalue weighted by molar-refractivity contribution is 7.09. The zero-order valence-corrected chi connectivity index (χ0v) is 10.3. The van der Waals surface area contributed by atoms with Gasteiger partial charge in [0, 0.05) is 23.8 Å². The lowest BCUT2D eigenvalue weighted by Crippen LogP contribution is -2.28. The lowest BCUT2D eigenvalue weighted by atomic mass is 10.3. The van der Waals surface area contributed by atoms with Crippen molar-refractivity contribution in [2.45, 2.75) is 19.8 Å². The van der Waals surface area contributed by atoms with Gasteiger partial charge < -0.3 is 4.90 Å². The highest BCUT2D eigenvalue weighted by Gasteiger charge is 2.03. The lowest BCUT2D eigenvalue weighted by Gasteiger charge is -2.19. The van der Waals surface area contributed by atoms with E-state index in [4.69, 9.17) is 11.6 Å². The molecule has 0 aromatic carbocycles. The van der Waals surface area contributed by atoms with Crippen LogP contribution in [-0.2, 0) is 6.42 Å². The molecule has 0 aliphatic rings. The van der Waals surface area contributed by atoms with Crippen molar-refractivity contribution in [2.24, 2.45) is 0 Å². The lowest BCUT2D eigenvalue weighted by molar-refractivity contribution is 0.295. The maximum absolute atomic E-state index is 5.75. The van der Waals surface area contributed by atoms with Crippen molar-refractivity contribution in [3.63, 3.8) is 0 Å². The molecule has 1 aromatic rings. The molecule has 1 heterocycles. The van der Waals surface area contributed by atoms with Crippen LogP contribution in [0.4, 0.5) is 0 Å². The number of thiophene rings is 1. The second kappa shape index (κ2) is 7.27. The van der Waals surface area contributed by atoms with Gasteiger partial charge in [-0.15, -0.1) is 22.9 Å². The van der Waals surface area contributed by atoms with Gasteiger partial charge in [-0.1, -0.05) is 13.0 Å². The van der Waals surface area contributed by atoms with Gasteiger partial charge in [-0.25, -0.2) is 0 Å². The molecule has 0 amide bonds. The number of hydrogen-bond acceptors (Lipinski definition) is 2. The maximum atomic E-state index is 5.75. The molecule has 0 fully saturated rings. The minimum Gasteiger partial charge on any atom is -0.302 e. The van der Waals surface area contributed by atoms with Crippen molar-refractivity contribution in [3.05, 3.63) is 22.4 Å². The Hall–Kier alpha value is -0.0500. The zero-order chi connectivity index (χ0) is 10.2. The van der Waals surface area contributed by atoms with Crippen LogP contribution in [0, 0.1) is 0 Å². The molecule has 0 aliphatic heterocycles. The number of alkyl halides is 1. The van der Waals surface area contributed by atoms with E-state index < -0.39 is 0 Å². The first-order valence-corrected chi connectivity index (χ1v) is 6.59. The van der Waals surface area contributed by atoms with Gasteiger partial charge in [-0.3, -0.25) is 0 Å². The Morgan fingerprint density at radius 2 is 2.21 bits per heavy atom. The molecule has 1 nitrogen and oxygen atoms in total. The summed E-state index contributed by atoms with van der Waals surface area (Å²) >= 11 is 7.60. The topological polar surface area (TPSA) is 3.24 Å². The van der Waals surface area contributed by atoms with Crippen LogP contribution in [0.3, 0.4) is 0 Å². The maximum Gasteiger partial charge on any atom is 0.0351 e. The van der Waals surface area contributed by atoms with Crippen molar-refractivity contribution in [2.75, 3.05) is 25.5 Å². The molecule has 0 saturated heterocycles. The van der Waals surface area contributed by atoms with E-state index in [1.165, 1.54) is 11.3 Å². The molecule has 0 bridgehead atoms. The van der Waals surface area contributed by atoms with Gasteiger partial charge >= 0.3 is 0 Å². The van der Waals surface area contributed by atoms with Crippen LogP contribution < -0.4 is 0 Å². The van der Waals surface area contributed by atoms with Crippen molar-refractivity contribution < 1.29 is 0 Å². The van der Waals surface area contributed by atoms with Gasteiger partial charge in [-0.05, 0) is 30.8 Å². The molecule has 14 heavy (non-hydrogen) atoms. The van der Waals surface area contributed by atoms with Crippen molar-refractivity contribution in [1.82, 2.24) is 4.90 Å². The highest BCUT2D eigenvalue weighted by atomic mass is 35.5. The molecule has 0 atom stereocenters. The number of halogens is 1. The summed E-state index contributed by atoms with van der Waals surface area (Å²) < 4.78 is 0. The fraction of sp³-hybridized carbons (Fsp3) is 0.636. The number of nitrogens with zero attached hydrogens (tertiary/aromatic N) is 1. The van der Waals surface area contributed by atoms with Crippen LogP contribution in [0.5, 0.6) is 0 Å². The molecule has 3 heteroatoms. The summed E-state index contributed by atoms with van der Waals surface area (Å²) in [6, 6.07) is 4.32. The molecule has 0 saturated carbocycles. The third kappa shape index (κ3) is 4.45. The average Bonchev–Trinajstić information content (AvgIpc) is 2.67. The Morgan fingerprint density at radius 3 is 2.79 bits per heavy atom. The van der Waals surface area contributed by atoms with E-state index in [2.05, 4.69) is 29.3 Å². The van der Waals surface area contributed by atoms with Crippen molar-refractivity contribution in [3.8, 4) is 0 Å². The monoisotopic (exact) mass is 231 g/mol. The van der Waals surface area contributed by atoms with Crippen LogP contribution in [0.2, 0.25) is 0 Å². The van der Waals surface area contributed by atoms with E-state index in [1.807, 2.05) is 11.3 Å². The minimum atomic E-state index is 0.741. The van der Waals surface area contributed by atoms with Gasteiger partial charge in [0.1, 0.15) is 0 Å². The summed E-state index contributed by atoms with van der Waals surface area (Å²) in [5, 5.41) is 2.14. The van der Waals surface area contributed by atoms with Gasteiger partial charge in [0.05, 0.1) is 0 Å². The van der Waals surface area contributed by atoms with Crippen molar-refractivity contribution >= 4 is 22.9 Å². The SMILES string of the molecule is CCCN(CCCl)CCc1cccs1. The fourth-order valence-corrected chi connectivity index (χ4v) is 2.43. The second-order valence-electron chi connectivity index (χ2n) is 3.36. The van der Waals surface area contributed by atoms with E-state index in [0.717, 1.165) is 31.9 Å². The molecule has 1 rings (SSSR count). The standard InChI is InChI=1S/C11H18ClNS/c1-2-7-13(9-6-12)8-5-11-4-3-10-14-11/h3-4,10H,2,5-9H2,1H3. The third-order valence-electron chi connectivity index (χ3n) is 2.20. The first-order valence-electron chi connectivity index (χ1n) is 5.17. The normalized spacial score (nSPS) is 11.1. The predicted octanol–water partition coefficient (Wildman–Crippen LogP) is 3.24. The van der Waals surface area contributed by atoms with E-state index >= 15 is 0 Å². The van der Waals surface area contributed by atoms with E-state index in [1.54, 1.807) is 0 Å². The molecule has 0 spiro atoms. The Morgan fingerprint density at radius 1 is 1.36 bits per heavy atom. The molecular formula is C11H18ClNS. The van der Waals surface area contributed by atoms with Crippen LogP contribution >= 0.6 is 22.9 Å². The minimum absolute atomic E-state index is 0.741. The summed E-state index contributed by atoms with van der Waals surface area (Å²) in [5.41, 5.74) is 0. The quantitative estimate of drug-likeness (QED) is 0.652. The smallest absolute Gasteiger partial charge is 0.0351 e. The fourth-order valence-electron chi connectivity index (χ4n) is 1.49. The third-order valence-corrected chi connectivity index (χ3v) is 3.30. The van der Waals surface area contributed by atoms with Crippen molar-refractivity contribution in [1.29, 1.82) is 0 Å². The van der Waals surface area contributed by atoms with Gasteiger partial charge in [-0.2, -0.15) is 0 Å². The molecule has 0 unspecified atom stereocenters. The van der Waals surface area contributed by atoms with E-state index in [0.29, 0.717) is 0 Å². The van der Waals surface area contributed by atoms with Crippen LogP contribution in [0.25, 0.3) is 0 Å². The first kappa shape index (κ1) is 12.0. The Bertz CT molecular complexity index is 217. The second-order valence-corrected chi connectivity index (χ2v) is 4.77. The molecule has 0 N–H and O–H groups in total. The largest absolute Gasteiger partial charge is 0.302 e. The van der Waals surface area contributed by atoms with Crippen LogP contribution in [0.15, 0.2) is 17.5 Å². The first-order chi connectivity index (χ1) is 6.86. The average molecular weight is 232 g/mol. The zero-order valence-electron chi connectivity index (χ0n) is 8.71. The van der Waals surface area contributed by atoms with Gasteiger partial charge in [0.25, 0.3) is 0 Å². The molecule has 80 valence electrons. The number of rotatable bonds is 7. The predicted molar refractivity (Wildman–Crippen MR) is 65.5 cm³/mol. The summed E-state index contributed by atoms with van der Waals surface area (Å²) in [7, 11) is 0. The molecule has 0 aliphatic carbocycles. The Balaban J connectivity index is 2.25. The molecular weight excluding hydrogens is 214 g/mol. The van der Waals surface area contributed by atoms with E-state index in [-0.39, 0.29) is 0 Å². The van der Waals surface area contributed by atoms with Gasteiger partial charge in [0.2, 0.25) is 0 Å². The summed E-state index contributed by atoms with van der Waals surface area (Å²) in [5.74, 6) is 0.741. The summed E-state index contributed by atoms with van der Waals surface area (Å²) in [6.45, 7) is 5.53. The van der Waals surface area contributed by atoms with Crippen LogP contribution in [0.1, 0.15) is 18.2 Å². The Kier molecular flexibility index (Phi) is 6.24. The summed E-state index contributed by atoms with van der Waals surface area (Å²) in [4.78, 5) is 3.91. The van der Waals surface area contributed by atoms with Crippen LogP contribution in [-0.4, -0.2) is 30.4 Å². The summed E-state index contributed by atoms with van der Waals surface area (Å²) in [6.07, 6.45) is 2.37. The Labute approximate surface area is 95.7 Å². The highest BCUT2D eigenvalue weighted by Crippen LogP contribution is 2.09.